The van der Waals surface area contributed by atoms with Gasteiger partial charge in [-0.05, 0) is 30.3 Å². The Labute approximate surface area is 212 Å². The molecule has 4 aromatic rings. The molecular formula is C28H25N3O6. The van der Waals surface area contributed by atoms with Crippen LogP contribution in [0.1, 0.15) is 10.4 Å². The van der Waals surface area contributed by atoms with E-state index < -0.39 is 5.91 Å². The van der Waals surface area contributed by atoms with Crippen molar-refractivity contribution in [3.05, 3.63) is 94.9 Å². The van der Waals surface area contributed by atoms with Crippen molar-refractivity contribution in [3.63, 3.8) is 0 Å². The molecule has 2 heterocycles. The number of para-hydroxylation sites is 4. The average molecular weight is 500 g/mol. The van der Waals surface area contributed by atoms with Gasteiger partial charge in [0.05, 0.1) is 31.5 Å². The van der Waals surface area contributed by atoms with Crippen LogP contribution in [-0.2, 0) is 4.79 Å². The molecule has 0 spiro atoms. The zero-order valence-electron chi connectivity index (χ0n) is 20.1. The first-order valence-electron chi connectivity index (χ1n) is 11.8. The van der Waals surface area contributed by atoms with Crippen LogP contribution in [0.4, 0.5) is 0 Å². The maximum Gasteiger partial charge on any atom is 0.263 e. The highest BCUT2D eigenvalue weighted by Gasteiger charge is 2.22. The molecule has 0 unspecified atom stereocenters. The van der Waals surface area contributed by atoms with E-state index in [2.05, 4.69) is 10.6 Å². The molecule has 1 atom stereocenters. The lowest BCUT2D eigenvalue weighted by Gasteiger charge is -2.26. The van der Waals surface area contributed by atoms with Crippen molar-refractivity contribution in [3.8, 4) is 22.9 Å². The first-order valence-corrected chi connectivity index (χ1v) is 11.8. The van der Waals surface area contributed by atoms with Gasteiger partial charge >= 0.3 is 0 Å². The monoisotopic (exact) mass is 499 g/mol. The molecule has 1 aromatic heterocycles. The van der Waals surface area contributed by atoms with Gasteiger partial charge in [-0.25, -0.2) is 0 Å². The number of fused-ring (bicyclic) bond motifs is 2. The Morgan fingerprint density at radius 2 is 1.65 bits per heavy atom. The predicted molar refractivity (Wildman–Crippen MR) is 138 cm³/mol. The molecular weight excluding hydrogens is 474 g/mol. The number of ether oxygens (including phenoxy) is 3. The van der Waals surface area contributed by atoms with Gasteiger partial charge in [-0.3, -0.25) is 19.0 Å². The second kappa shape index (κ2) is 10.4. The van der Waals surface area contributed by atoms with E-state index in [1.807, 2.05) is 18.2 Å². The van der Waals surface area contributed by atoms with Gasteiger partial charge in [0.1, 0.15) is 18.5 Å². The summed E-state index contributed by atoms with van der Waals surface area (Å²) in [5.74, 6) is 0.916. The number of hydrogen-bond donors (Lipinski definition) is 2. The number of carbonyl (C=O) groups is 2. The maximum atomic E-state index is 13.2. The van der Waals surface area contributed by atoms with Crippen LogP contribution in [0.2, 0.25) is 0 Å². The fraction of sp³-hybridized carbons (Fsp3) is 0.179. The minimum absolute atomic E-state index is 0.227. The standard InChI is InChI=1S/C28H25N3O6/c1-35-23-11-5-4-10-22(23)31-16-21(19-8-2-3-9-20(19)28(31)34)27(33)30-15-26(32)29-14-18-17-36-24-12-6-7-13-25(24)37-18/h2-13,16,18H,14-15,17H2,1H3,(H,29,32)(H,30,33)/t18-/m0/s1. The van der Waals surface area contributed by atoms with Crippen molar-refractivity contribution < 1.29 is 23.8 Å². The zero-order chi connectivity index (χ0) is 25.8. The Balaban J connectivity index is 1.30. The van der Waals surface area contributed by atoms with E-state index in [1.165, 1.54) is 17.9 Å². The third kappa shape index (κ3) is 4.97. The highest BCUT2D eigenvalue weighted by Crippen LogP contribution is 2.30. The third-order valence-electron chi connectivity index (χ3n) is 6.02. The quantitative estimate of drug-likeness (QED) is 0.405. The van der Waals surface area contributed by atoms with Crippen LogP contribution in [0.5, 0.6) is 17.2 Å². The number of hydrogen-bond acceptors (Lipinski definition) is 6. The second-order valence-corrected chi connectivity index (χ2v) is 8.42. The van der Waals surface area contributed by atoms with Crippen LogP contribution in [0, 0.1) is 0 Å². The summed E-state index contributed by atoms with van der Waals surface area (Å²) in [6.07, 6.45) is 1.13. The molecule has 37 heavy (non-hydrogen) atoms. The number of amides is 2. The average Bonchev–Trinajstić information content (AvgIpc) is 2.95. The van der Waals surface area contributed by atoms with Gasteiger partial charge in [0.15, 0.2) is 11.5 Å². The highest BCUT2D eigenvalue weighted by atomic mass is 16.6. The molecule has 188 valence electrons. The fourth-order valence-corrected chi connectivity index (χ4v) is 4.19. The Morgan fingerprint density at radius 1 is 0.946 bits per heavy atom. The van der Waals surface area contributed by atoms with E-state index in [-0.39, 0.29) is 36.2 Å². The molecule has 0 fully saturated rings. The van der Waals surface area contributed by atoms with E-state index in [4.69, 9.17) is 14.2 Å². The molecule has 5 rings (SSSR count). The normalized spacial score (nSPS) is 14.1. The lowest BCUT2D eigenvalue weighted by atomic mass is 10.1. The molecule has 0 bridgehead atoms. The number of nitrogens with one attached hydrogen (secondary N) is 2. The van der Waals surface area contributed by atoms with Gasteiger partial charge in [-0.2, -0.15) is 0 Å². The molecule has 0 radical (unpaired) electrons. The van der Waals surface area contributed by atoms with Gasteiger partial charge in [-0.15, -0.1) is 0 Å². The molecule has 2 amide bonds. The first-order chi connectivity index (χ1) is 18.0. The Kier molecular flexibility index (Phi) is 6.76. The summed E-state index contributed by atoms with van der Waals surface area (Å²) in [5, 5.41) is 6.27. The van der Waals surface area contributed by atoms with Crippen LogP contribution < -0.4 is 30.4 Å². The molecule has 0 aliphatic carbocycles. The van der Waals surface area contributed by atoms with Crippen LogP contribution >= 0.6 is 0 Å². The molecule has 1 aliphatic heterocycles. The van der Waals surface area contributed by atoms with Crippen LogP contribution in [0.15, 0.2) is 83.8 Å². The minimum atomic E-state index is -0.485. The predicted octanol–water partition coefficient (Wildman–Crippen LogP) is 2.69. The lowest BCUT2D eigenvalue weighted by molar-refractivity contribution is -0.120. The summed E-state index contributed by atoms with van der Waals surface area (Å²) in [4.78, 5) is 38.9. The number of nitrogens with zero attached hydrogens (tertiary/aromatic N) is 1. The number of rotatable bonds is 7. The molecule has 9 heteroatoms. The number of benzene rings is 3. The lowest BCUT2D eigenvalue weighted by Crippen LogP contribution is -2.44. The summed E-state index contributed by atoms with van der Waals surface area (Å²) in [7, 11) is 1.51. The highest BCUT2D eigenvalue weighted by molar-refractivity contribution is 6.07. The molecule has 1 aliphatic rings. The fourth-order valence-electron chi connectivity index (χ4n) is 4.19. The summed E-state index contributed by atoms with van der Waals surface area (Å²) in [6, 6.07) is 21.2. The number of carbonyl (C=O) groups excluding carboxylic acids is 2. The van der Waals surface area contributed by atoms with Crippen molar-refractivity contribution in [2.75, 3.05) is 26.8 Å². The van der Waals surface area contributed by atoms with Crippen molar-refractivity contribution in [2.45, 2.75) is 6.10 Å². The smallest absolute Gasteiger partial charge is 0.263 e. The van der Waals surface area contributed by atoms with Gasteiger partial charge in [0.25, 0.3) is 11.5 Å². The number of aromatic nitrogens is 1. The summed E-state index contributed by atoms with van der Waals surface area (Å²) in [5.41, 5.74) is 0.476. The van der Waals surface area contributed by atoms with E-state index in [1.54, 1.807) is 54.6 Å². The summed E-state index contributed by atoms with van der Waals surface area (Å²) >= 11 is 0. The SMILES string of the molecule is COc1ccccc1-n1cc(C(=O)NCC(=O)NC[C@H]2COc3ccccc3O2)c2ccccc2c1=O. The summed E-state index contributed by atoms with van der Waals surface area (Å²) in [6.45, 7) is 0.288. The molecule has 9 nitrogen and oxygen atoms in total. The van der Waals surface area contributed by atoms with Gasteiger partial charge < -0.3 is 24.8 Å². The molecule has 0 saturated heterocycles. The van der Waals surface area contributed by atoms with E-state index >= 15 is 0 Å². The van der Waals surface area contributed by atoms with Crippen molar-refractivity contribution >= 4 is 22.6 Å². The maximum absolute atomic E-state index is 13.2. The minimum Gasteiger partial charge on any atom is -0.495 e. The molecule has 0 saturated carbocycles. The topological polar surface area (TPSA) is 108 Å². The Bertz CT molecular complexity index is 1530. The van der Waals surface area contributed by atoms with Crippen molar-refractivity contribution in [1.29, 1.82) is 0 Å². The molecule has 2 N–H and O–H groups in total. The Hall–Kier alpha value is -4.79. The van der Waals surface area contributed by atoms with E-state index in [0.29, 0.717) is 40.3 Å². The summed E-state index contributed by atoms with van der Waals surface area (Å²) < 4.78 is 18.3. The second-order valence-electron chi connectivity index (χ2n) is 8.42. The Morgan fingerprint density at radius 3 is 2.46 bits per heavy atom. The number of pyridine rings is 1. The van der Waals surface area contributed by atoms with Crippen molar-refractivity contribution in [1.82, 2.24) is 15.2 Å². The van der Waals surface area contributed by atoms with Crippen LogP contribution in [-0.4, -0.2) is 49.3 Å². The molecule has 3 aromatic carbocycles. The van der Waals surface area contributed by atoms with Crippen molar-refractivity contribution in [2.24, 2.45) is 0 Å². The first kappa shape index (κ1) is 23.9. The van der Waals surface area contributed by atoms with Gasteiger partial charge in [0, 0.05) is 17.0 Å². The van der Waals surface area contributed by atoms with E-state index in [0.717, 1.165) is 0 Å². The van der Waals surface area contributed by atoms with E-state index in [9.17, 15) is 14.4 Å². The third-order valence-corrected chi connectivity index (χ3v) is 6.02. The van der Waals surface area contributed by atoms with Gasteiger partial charge in [-0.1, -0.05) is 42.5 Å². The largest absolute Gasteiger partial charge is 0.495 e. The van der Waals surface area contributed by atoms with Crippen LogP contribution in [0.3, 0.4) is 0 Å². The zero-order valence-corrected chi connectivity index (χ0v) is 20.1. The van der Waals surface area contributed by atoms with Crippen LogP contribution in [0.25, 0.3) is 16.5 Å². The van der Waals surface area contributed by atoms with Gasteiger partial charge in [0.2, 0.25) is 5.91 Å². The number of methoxy groups -OCH3 is 1.